The van der Waals surface area contributed by atoms with Gasteiger partial charge in [-0.2, -0.15) is 0 Å². The molecule has 0 aliphatic heterocycles. The standard InChI is InChI=1S/C14H22N2O/c1-4-8-16-12(9-13(15)17)14-10(2)6-5-7-11(14)3/h5-7,12,16H,4,8-9H2,1-3H3,(H2,15,17). The molecule has 1 aromatic rings. The van der Waals surface area contributed by atoms with E-state index in [9.17, 15) is 4.79 Å². The molecule has 3 nitrogen and oxygen atoms in total. The molecule has 0 saturated heterocycles. The predicted molar refractivity (Wildman–Crippen MR) is 70.8 cm³/mol. The largest absolute Gasteiger partial charge is 0.370 e. The molecule has 0 aromatic heterocycles. The highest BCUT2D eigenvalue weighted by atomic mass is 16.1. The number of rotatable bonds is 6. The zero-order chi connectivity index (χ0) is 12.8. The lowest BCUT2D eigenvalue weighted by atomic mass is 9.94. The minimum atomic E-state index is -0.263. The van der Waals surface area contributed by atoms with Crippen molar-refractivity contribution >= 4 is 5.91 Å². The molecule has 94 valence electrons. The first-order chi connectivity index (χ1) is 8.06. The molecule has 0 aliphatic rings. The fourth-order valence-corrected chi connectivity index (χ4v) is 2.17. The first-order valence-corrected chi connectivity index (χ1v) is 6.14. The molecule has 0 saturated carbocycles. The monoisotopic (exact) mass is 234 g/mol. The van der Waals surface area contributed by atoms with E-state index in [2.05, 4.69) is 38.2 Å². The van der Waals surface area contributed by atoms with Gasteiger partial charge in [0.25, 0.3) is 0 Å². The Morgan fingerprint density at radius 3 is 2.41 bits per heavy atom. The lowest BCUT2D eigenvalue weighted by molar-refractivity contribution is -0.118. The number of nitrogens with one attached hydrogen (secondary N) is 1. The van der Waals surface area contributed by atoms with Crippen LogP contribution < -0.4 is 11.1 Å². The topological polar surface area (TPSA) is 55.1 Å². The van der Waals surface area contributed by atoms with E-state index in [4.69, 9.17) is 5.73 Å². The zero-order valence-corrected chi connectivity index (χ0v) is 10.9. The van der Waals surface area contributed by atoms with Gasteiger partial charge in [0.15, 0.2) is 0 Å². The first kappa shape index (κ1) is 13.7. The van der Waals surface area contributed by atoms with Crippen molar-refractivity contribution in [2.24, 2.45) is 5.73 Å². The normalized spacial score (nSPS) is 12.4. The van der Waals surface area contributed by atoms with Gasteiger partial charge in [-0.25, -0.2) is 0 Å². The molecule has 3 N–H and O–H groups in total. The summed E-state index contributed by atoms with van der Waals surface area (Å²) >= 11 is 0. The van der Waals surface area contributed by atoms with Gasteiger partial charge in [-0.15, -0.1) is 0 Å². The van der Waals surface area contributed by atoms with Gasteiger partial charge in [0.05, 0.1) is 0 Å². The molecule has 3 heteroatoms. The predicted octanol–water partition coefficient (Wildman–Crippen LogP) is 2.22. The summed E-state index contributed by atoms with van der Waals surface area (Å²) in [6.45, 7) is 7.15. The molecule has 0 radical (unpaired) electrons. The summed E-state index contributed by atoms with van der Waals surface area (Å²) in [6.07, 6.45) is 1.39. The van der Waals surface area contributed by atoms with Gasteiger partial charge in [0.1, 0.15) is 0 Å². The number of amides is 1. The molecule has 17 heavy (non-hydrogen) atoms. The van der Waals surface area contributed by atoms with E-state index in [1.54, 1.807) is 0 Å². The van der Waals surface area contributed by atoms with Crippen LogP contribution in [0, 0.1) is 13.8 Å². The summed E-state index contributed by atoms with van der Waals surface area (Å²) in [4.78, 5) is 11.2. The van der Waals surface area contributed by atoms with Crippen molar-refractivity contribution < 1.29 is 4.79 Å². The second-order valence-electron chi connectivity index (χ2n) is 4.48. The maximum Gasteiger partial charge on any atom is 0.219 e. The first-order valence-electron chi connectivity index (χ1n) is 6.14. The Bertz CT molecular complexity index is 368. The Hall–Kier alpha value is -1.35. The second-order valence-corrected chi connectivity index (χ2v) is 4.48. The Morgan fingerprint density at radius 1 is 1.35 bits per heavy atom. The molecule has 0 fully saturated rings. The van der Waals surface area contributed by atoms with Crippen molar-refractivity contribution in [2.75, 3.05) is 6.54 Å². The van der Waals surface area contributed by atoms with Crippen molar-refractivity contribution in [3.8, 4) is 0 Å². The fraction of sp³-hybridized carbons (Fsp3) is 0.500. The lowest BCUT2D eigenvalue weighted by Crippen LogP contribution is -2.28. The van der Waals surface area contributed by atoms with Crippen molar-refractivity contribution in [1.82, 2.24) is 5.32 Å². The van der Waals surface area contributed by atoms with Gasteiger partial charge in [0.2, 0.25) is 5.91 Å². The Morgan fingerprint density at radius 2 is 1.94 bits per heavy atom. The summed E-state index contributed by atoms with van der Waals surface area (Å²) in [7, 11) is 0. The van der Waals surface area contributed by atoms with Crippen LogP contribution in [0.3, 0.4) is 0 Å². The third kappa shape index (κ3) is 3.86. The summed E-state index contributed by atoms with van der Waals surface area (Å²) in [5.74, 6) is -0.263. The second kappa shape index (κ2) is 6.40. The Labute approximate surface area is 103 Å². The summed E-state index contributed by atoms with van der Waals surface area (Å²) in [5.41, 5.74) is 8.95. The molecule has 1 amide bonds. The maximum absolute atomic E-state index is 11.2. The summed E-state index contributed by atoms with van der Waals surface area (Å²) in [6, 6.07) is 6.22. The fourth-order valence-electron chi connectivity index (χ4n) is 2.17. The third-order valence-corrected chi connectivity index (χ3v) is 2.94. The van der Waals surface area contributed by atoms with Gasteiger partial charge in [-0.1, -0.05) is 25.1 Å². The van der Waals surface area contributed by atoms with E-state index < -0.39 is 0 Å². The average molecular weight is 234 g/mol. The van der Waals surface area contributed by atoms with E-state index in [0.717, 1.165) is 13.0 Å². The minimum absolute atomic E-state index is 0.0358. The minimum Gasteiger partial charge on any atom is -0.370 e. The Kier molecular flexibility index (Phi) is 5.16. The molecule has 0 aliphatic carbocycles. The molecule has 1 rings (SSSR count). The SMILES string of the molecule is CCCNC(CC(N)=O)c1c(C)cccc1C. The number of primary amides is 1. The average Bonchev–Trinajstić information content (AvgIpc) is 2.24. The molecular weight excluding hydrogens is 212 g/mol. The number of benzene rings is 1. The van der Waals surface area contributed by atoms with Gasteiger partial charge < -0.3 is 11.1 Å². The van der Waals surface area contributed by atoms with Gasteiger partial charge in [0, 0.05) is 12.5 Å². The number of aryl methyl sites for hydroxylation is 2. The van der Waals surface area contributed by atoms with Gasteiger partial charge in [-0.3, -0.25) is 4.79 Å². The molecule has 1 unspecified atom stereocenters. The van der Waals surface area contributed by atoms with Gasteiger partial charge >= 0.3 is 0 Å². The zero-order valence-electron chi connectivity index (χ0n) is 10.9. The van der Waals surface area contributed by atoms with Crippen molar-refractivity contribution in [1.29, 1.82) is 0 Å². The number of hydrogen-bond donors (Lipinski definition) is 2. The molecule has 1 aromatic carbocycles. The van der Waals surface area contributed by atoms with Crippen LogP contribution >= 0.6 is 0 Å². The van der Waals surface area contributed by atoms with E-state index >= 15 is 0 Å². The highest BCUT2D eigenvalue weighted by Gasteiger charge is 2.17. The van der Waals surface area contributed by atoms with Crippen LogP contribution in [-0.4, -0.2) is 12.5 Å². The maximum atomic E-state index is 11.2. The number of carbonyl (C=O) groups excluding carboxylic acids is 1. The highest BCUT2D eigenvalue weighted by Crippen LogP contribution is 2.24. The summed E-state index contributed by atoms with van der Waals surface area (Å²) in [5, 5.41) is 3.40. The third-order valence-electron chi connectivity index (χ3n) is 2.94. The number of hydrogen-bond acceptors (Lipinski definition) is 2. The van der Waals surface area contributed by atoms with E-state index in [1.807, 2.05) is 6.07 Å². The van der Waals surface area contributed by atoms with Crippen molar-refractivity contribution in [3.63, 3.8) is 0 Å². The van der Waals surface area contributed by atoms with Crippen molar-refractivity contribution in [2.45, 2.75) is 39.7 Å². The molecule has 1 atom stereocenters. The smallest absolute Gasteiger partial charge is 0.219 e. The van der Waals surface area contributed by atoms with Gasteiger partial charge in [-0.05, 0) is 43.5 Å². The van der Waals surface area contributed by atoms with E-state index in [1.165, 1.54) is 16.7 Å². The molecule has 0 heterocycles. The number of carbonyl (C=O) groups is 1. The van der Waals surface area contributed by atoms with Crippen LogP contribution in [0.1, 0.15) is 42.5 Å². The van der Waals surface area contributed by atoms with Crippen LogP contribution in [0.15, 0.2) is 18.2 Å². The van der Waals surface area contributed by atoms with E-state index in [-0.39, 0.29) is 11.9 Å². The Balaban J connectivity index is 2.98. The quantitative estimate of drug-likeness (QED) is 0.793. The number of nitrogens with two attached hydrogens (primary N) is 1. The highest BCUT2D eigenvalue weighted by molar-refractivity contribution is 5.74. The summed E-state index contributed by atoms with van der Waals surface area (Å²) < 4.78 is 0. The van der Waals surface area contributed by atoms with Crippen LogP contribution in [0.5, 0.6) is 0 Å². The van der Waals surface area contributed by atoms with E-state index in [0.29, 0.717) is 6.42 Å². The molecular formula is C14H22N2O. The van der Waals surface area contributed by atoms with Crippen LogP contribution in [0.4, 0.5) is 0 Å². The van der Waals surface area contributed by atoms with Crippen molar-refractivity contribution in [3.05, 3.63) is 34.9 Å². The lowest BCUT2D eigenvalue weighted by Gasteiger charge is -2.21. The molecule has 0 spiro atoms. The van der Waals surface area contributed by atoms with Crippen LogP contribution in [-0.2, 0) is 4.79 Å². The van der Waals surface area contributed by atoms with Crippen LogP contribution in [0.2, 0.25) is 0 Å². The molecule has 0 bridgehead atoms. The van der Waals surface area contributed by atoms with Crippen LogP contribution in [0.25, 0.3) is 0 Å².